The first-order valence-electron chi connectivity index (χ1n) is 3.97. The lowest BCUT2D eigenvalue weighted by Crippen LogP contribution is -2.06. The van der Waals surface area contributed by atoms with E-state index in [9.17, 15) is 9.50 Å². The molecule has 1 atom stereocenters. The number of hydrogen-bond donors (Lipinski definition) is 2. The molecule has 1 aromatic rings. The maximum atomic E-state index is 12.8. The summed E-state index contributed by atoms with van der Waals surface area (Å²) < 4.78 is 12.8. The fourth-order valence-corrected chi connectivity index (χ4v) is 1.32. The average Bonchev–Trinajstić information content (AvgIpc) is 2.03. The Bertz CT molecular complexity index is 273. The second-order valence-electron chi connectivity index (χ2n) is 2.80. The van der Waals surface area contributed by atoms with Crippen LogP contribution in [-0.2, 0) is 0 Å². The molecule has 0 fully saturated rings. The second kappa shape index (κ2) is 4.56. The standard InChI is InChI=1S/C9H11ClFNO/c10-7-3-6(4-8(11)5-7)9(13)1-2-12/h3-5,9,13H,1-2,12H2. The highest BCUT2D eigenvalue weighted by atomic mass is 35.5. The minimum absolute atomic E-state index is 0.283. The monoisotopic (exact) mass is 203 g/mol. The van der Waals surface area contributed by atoms with Gasteiger partial charge in [-0.2, -0.15) is 0 Å². The van der Waals surface area contributed by atoms with Gasteiger partial charge < -0.3 is 10.8 Å². The van der Waals surface area contributed by atoms with E-state index in [2.05, 4.69) is 0 Å². The summed E-state index contributed by atoms with van der Waals surface area (Å²) in [7, 11) is 0. The molecule has 0 heterocycles. The third-order valence-corrected chi connectivity index (χ3v) is 1.93. The van der Waals surface area contributed by atoms with Crippen molar-refractivity contribution in [2.24, 2.45) is 5.73 Å². The molecule has 0 aromatic heterocycles. The third kappa shape index (κ3) is 2.95. The molecule has 0 amide bonds. The van der Waals surface area contributed by atoms with Gasteiger partial charge in [-0.15, -0.1) is 0 Å². The summed E-state index contributed by atoms with van der Waals surface area (Å²) in [6, 6.07) is 3.98. The zero-order valence-corrected chi connectivity index (χ0v) is 7.76. The second-order valence-corrected chi connectivity index (χ2v) is 3.23. The number of aliphatic hydroxyl groups is 1. The van der Waals surface area contributed by atoms with E-state index in [-0.39, 0.29) is 5.02 Å². The van der Waals surface area contributed by atoms with Gasteiger partial charge in [-0.3, -0.25) is 0 Å². The van der Waals surface area contributed by atoms with E-state index in [1.807, 2.05) is 0 Å². The number of hydrogen-bond acceptors (Lipinski definition) is 2. The summed E-state index contributed by atoms with van der Waals surface area (Å²) >= 11 is 5.61. The molecule has 2 nitrogen and oxygen atoms in total. The summed E-state index contributed by atoms with van der Waals surface area (Å²) in [4.78, 5) is 0. The molecule has 72 valence electrons. The van der Waals surface area contributed by atoms with Gasteiger partial charge in [0.1, 0.15) is 5.82 Å². The Labute approximate surface area is 81.1 Å². The molecule has 0 spiro atoms. The lowest BCUT2D eigenvalue weighted by molar-refractivity contribution is 0.170. The van der Waals surface area contributed by atoms with E-state index in [0.29, 0.717) is 18.5 Å². The minimum Gasteiger partial charge on any atom is -0.388 e. The Morgan fingerprint density at radius 2 is 2.15 bits per heavy atom. The normalized spacial score (nSPS) is 12.9. The van der Waals surface area contributed by atoms with Crippen LogP contribution in [0.4, 0.5) is 4.39 Å². The molecule has 1 unspecified atom stereocenters. The fraction of sp³-hybridized carbons (Fsp3) is 0.333. The molecule has 1 rings (SSSR count). The lowest BCUT2D eigenvalue weighted by Gasteiger charge is -2.09. The third-order valence-electron chi connectivity index (χ3n) is 1.71. The Hall–Kier alpha value is -0.640. The Morgan fingerprint density at radius 1 is 1.46 bits per heavy atom. The van der Waals surface area contributed by atoms with E-state index in [1.54, 1.807) is 0 Å². The number of halogens is 2. The molecule has 0 aliphatic rings. The quantitative estimate of drug-likeness (QED) is 0.788. The van der Waals surface area contributed by atoms with Gasteiger partial charge in [0, 0.05) is 5.02 Å². The molecule has 0 aliphatic carbocycles. The van der Waals surface area contributed by atoms with Gasteiger partial charge in [-0.05, 0) is 36.7 Å². The Morgan fingerprint density at radius 3 is 2.69 bits per heavy atom. The Kier molecular flexibility index (Phi) is 3.66. The van der Waals surface area contributed by atoms with Crippen LogP contribution in [0.25, 0.3) is 0 Å². The van der Waals surface area contributed by atoms with Gasteiger partial charge in [0.25, 0.3) is 0 Å². The molecule has 3 N–H and O–H groups in total. The van der Waals surface area contributed by atoms with Gasteiger partial charge in [0.2, 0.25) is 0 Å². The molecule has 13 heavy (non-hydrogen) atoms. The predicted molar refractivity (Wildman–Crippen MR) is 50.0 cm³/mol. The first-order chi connectivity index (χ1) is 6.13. The first kappa shape index (κ1) is 10.4. The van der Waals surface area contributed by atoms with Gasteiger partial charge in [-0.25, -0.2) is 4.39 Å². The van der Waals surface area contributed by atoms with E-state index in [0.717, 1.165) is 0 Å². The minimum atomic E-state index is -0.738. The summed E-state index contributed by atoms with van der Waals surface area (Å²) in [5, 5.41) is 9.75. The van der Waals surface area contributed by atoms with Crippen molar-refractivity contribution in [2.75, 3.05) is 6.54 Å². The first-order valence-corrected chi connectivity index (χ1v) is 4.35. The van der Waals surface area contributed by atoms with E-state index >= 15 is 0 Å². The smallest absolute Gasteiger partial charge is 0.125 e. The zero-order chi connectivity index (χ0) is 9.84. The molecular formula is C9H11ClFNO. The Balaban J connectivity index is 2.87. The zero-order valence-electron chi connectivity index (χ0n) is 7.00. The lowest BCUT2D eigenvalue weighted by atomic mass is 10.1. The number of nitrogens with two attached hydrogens (primary N) is 1. The van der Waals surface area contributed by atoms with E-state index < -0.39 is 11.9 Å². The largest absolute Gasteiger partial charge is 0.388 e. The van der Waals surface area contributed by atoms with Crippen LogP contribution in [0.15, 0.2) is 18.2 Å². The van der Waals surface area contributed by atoms with Crippen molar-refractivity contribution in [1.82, 2.24) is 0 Å². The van der Waals surface area contributed by atoms with Crippen molar-refractivity contribution in [3.8, 4) is 0 Å². The van der Waals surface area contributed by atoms with Crippen LogP contribution in [0.3, 0.4) is 0 Å². The number of benzene rings is 1. The average molecular weight is 204 g/mol. The van der Waals surface area contributed by atoms with Crippen LogP contribution in [-0.4, -0.2) is 11.7 Å². The molecule has 1 aromatic carbocycles. The van der Waals surface area contributed by atoms with Gasteiger partial charge in [-0.1, -0.05) is 11.6 Å². The molecule has 0 bridgehead atoms. The van der Waals surface area contributed by atoms with Gasteiger partial charge in [0.05, 0.1) is 6.10 Å². The van der Waals surface area contributed by atoms with Gasteiger partial charge >= 0.3 is 0 Å². The SMILES string of the molecule is NCCC(O)c1cc(F)cc(Cl)c1. The molecule has 0 saturated heterocycles. The van der Waals surface area contributed by atoms with Crippen molar-refractivity contribution in [1.29, 1.82) is 0 Å². The van der Waals surface area contributed by atoms with Gasteiger partial charge in [0.15, 0.2) is 0 Å². The molecule has 0 saturated carbocycles. The molecule has 0 aliphatic heterocycles. The van der Waals surface area contributed by atoms with Crippen molar-refractivity contribution >= 4 is 11.6 Å². The maximum Gasteiger partial charge on any atom is 0.125 e. The maximum absolute atomic E-state index is 12.8. The van der Waals surface area contributed by atoms with Crippen LogP contribution in [0.5, 0.6) is 0 Å². The van der Waals surface area contributed by atoms with Crippen molar-refractivity contribution in [3.63, 3.8) is 0 Å². The number of rotatable bonds is 3. The van der Waals surface area contributed by atoms with Crippen molar-refractivity contribution < 1.29 is 9.50 Å². The van der Waals surface area contributed by atoms with Crippen LogP contribution < -0.4 is 5.73 Å². The van der Waals surface area contributed by atoms with Crippen LogP contribution in [0.2, 0.25) is 5.02 Å². The van der Waals surface area contributed by atoms with Crippen LogP contribution in [0, 0.1) is 5.82 Å². The fourth-order valence-electron chi connectivity index (χ4n) is 1.09. The highest BCUT2D eigenvalue weighted by Gasteiger charge is 2.08. The summed E-state index contributed by atoms with van der Waals surface area (Å²) in [5.74, 6) is -0.446. The molecule has 4 heteroatoms. The number of aliphatic hydroxyl groups excluding tert-OH is 1. The molecule has 0 radical (unpaired) electrons. The molecular weight excluding hydrogens is 193 g/mol. The predicted octanol–water partition coefficient (Wildman–Crippen LogP) is 1.86. The van der Waals surface area contributed by atoms with E-state index in [4.69, 9.17) is 17.3 Å². The van der Waals surface area contributed by atoms with Crippen LogP contribution >= 0.6 is 11.6 Å². The van der Waals surface area contributed by atoms with Crippen LogP contribution in [0.1, 0.15) is 18.1 Å². The van der Waals surface area contributed by atoms with Crippen molar-refractivity contribution in [2.45, 2.75) is 12.5 Å². The summed E-state index contributed by atoms with van der Waals surface area (Å²) in [6.45, 7) is 0.356. The van der Waals surface area contributed by atoms with E-state index in [1.165, 1.54) is 18.2 Å². The summed E-state index contributed by atoms with van der Waals surface area (Å²) in [6.07, 6.45) is -0.335. The van der Waals surface area contributed by atoms with Crippen molar-refractivity contribution in [3.05, 3.63) is 34.6 Å². The highest BCUT2D eigenvalue weighted by Crippen LogP contribution is 2.21. The highest BCUT2D eigenvalue weighted by molar-refractivity contribution is 6.30. The summed E-state index contributed by atoms with van der Waals surface area (Å²) in [5.41, 5.74) is 5.72. The topological polar surface area (TPSA) is 46.2 Å².